The van der Waals surface area contributed by atoms with E-state index in [0.717, 1.165) is 6.33 Å². The van der Waals surface area contributed by atoms with Crippen LogP contribution in [0, 0.1) is 10.1 Å². The van der Waals surface area contributed by atoms with Gasteiger partial charge < -0.3 is 15.8 Å². The Hall–Kier alpha value is -2.45. The summed E-state index contributed by atoms with van der Waals surface area (Å²) in [6, 6.07) is 0. The van der Waals surface area contributed by atoms with Gasteiger partial charge in [0.05, 0.1) is 18.5 Å². The molecule has 0 radical (unpaired) electrons. The van der Waals surface area contributed by atoms with Gasteiger partial charge in [0.1, 0.15) is 6.33 Å². The van der Waals surface area contributed by atoms with Gasteiger partial charge in [-0.2, -0.15) is 0 Å². The number of nitrogen functional groups attached to an aromatic ring is 1. The lowest BCUT2D eigenvalue weighted by Crippen LogP contribution is -2.12. The van der Waals surface area contributed by atoms with Gasteiger partial charge in [0.25, 0.3) is 0 Å². The van der Waals surface area contributed by atoms with Gasteiger partial charge in [-0.3, -0.25) is 14.9 Å². The molecule has 0 saturated carbocycles. The number of nitrogens with two attached hydrogens (primary N) is 1. The highest BCUT2D eigenvalue weighted by Gasteiger charge is 2.20. The van der Waals surface area contributed by atoms with E-state index < -0.39 is 16.6 Å². The van der Waals surface area contributed by atoms with Crippen LogP contribution in [0.2, 0.25) is 0 Å². The zero-order chi connectivity index (χ0) is 12.8. The number of anilines is 2. The first-order chi connectivity index (χ1) is 8.06. The maximum absolute atomic E-state index is 10.8. The first-order valence-electron chi connectivity index (χ1n) is 4.61. The second kappa shape index (κ2) is 5.58. The van der Waals surface area contributed by atoms with E-state index in [1.54, 1.807) is 0 Å². The fourth-order valence-corrected chi connectivity index (χ4v) is 1.09. The molecule has 9 nitrogen and oxygen atoms in total. The van der Waals surface area contributed by atoms with Crippen molar-refractivity contribution < 1.29 is 14.5 Å². The predicted octanol–water partition coefficient (Wildman–Crippen LogP) is -0.0580. The highest BCUT2D eigenvalue weighted by molar-refractivity contribution is 5.71. The number of aromatic nitrogens is 2. The van der Waals surface area contributed by atoms with Crippen molar-refractivity contribution in [2.75, 3.05) is 24.7 Å². The minimum atomic E-state index is -0.685. The Labute approximate surface area is 96.1 Å². The molecule has 0 aliphatic heterocycles. The van der Waals surface area contributed by atoms with Crippen molar-refractivity contribution in [1.29, 1.82) is 0 Å². The van der Waals surface area contributed by atoms with Crippen molar-refractivity contribution in [3.63, 3.8) is 0 Å². The maximum Gasteiger partial charge on any atom is 0.352 e. The number of ether oxygens (including phenoxy) is 1. The number of rotatable bonds is 5. The minimum absolute atomic E-state index is 0.0218. The third kappa shape index (κ3) is 3.26. The van der Waals surface area contributed by atoms with Crippen LogP contribution in [0.25, 0.3) is 0 Å². The van der Waals surface area contributed by atoms with E-state index >= 15 is 0 Å². The van der Waals surface area contributed by atoms with Gasteiger partial charge in [-0.05, 0) is 0 Å². The van der Waals surface area contributed by atoms with Gasteiger partial charge in [0, 0.05) is 6.54 Å². The maximum atomic E-state index is 10.8. The van der Waals surface area contributed by atoms with Crippen LogP contribution in [-0.4, -0.2) is 34.5 Å². The van der Waals surface area contributed by atoms with Crippen molar-refractivity contribution in [1.82, 2.24) is 9.97 Å². The summed E-state index contributed by atoms with van der Waals surface area (Å²) in [5.74, 6) is -0.681. The Balaban J connectivity index is 2.74. The largest absolute Gasteiger partial charge is 0.469 e. The molecular weight excluding hydrogens is 230 g/mol. The quantitative estimate of drug-likeness (QED) is 0.416. The van der Waals surface area contributed by atoms with E-state index in [0.29, 0.717) is 0 Å². The number of nitrogens with one attached hydrogen (secondary N) is 1. The van der Waals surface area contributed by atoms with Crippen molar-refractivity contribution in [3.05, 3.63) is 16.4 Å². The highest BCUT2D eigenvalue weighted by atomic mass is 16.6. The molecule has 0 fully saturated rings. The molecule has 1 aromatic heterocycles. The topological polar surface area (TPSA) is 133 Å². The molecule has 0 aliphatic rings. The molecule has 0 bridgehead atoms. The van der Waals surface area contributed by atoms with Crippen LogP contribution in [-0.2, 0) is 9.53 Å². The van der Waals surface area contributed by atoms with Crippen molar-refractivity contribution in [2.45, 2.75) is 6.42 Å². The molecular formula is C8H11N5O4. The Morgan fingerprint density at radius 2 is 2.35 bits per heavy atom. The lowest BCUT2D eigenvalue weighted by molar-refractivity contribution is -0.383. The third-order valence-corrected chi connectivity index (χ3v) is 1.88. The fourth-order valence-electron chi connectivity index (χ4n) is 1.09. The molecule has 0 saturated heterocycles. The number of carbonyl (C=O) groups excluding carboxylic acids is 1. The number of hydrogen-bond acceptors (Lipinski definition) is 8. The third-order valence-electron chi connectivity index (χ3n) is 1.88. The normalized spacial score (nSPS) is 9.71. The Kier molecular flexibility index (Phi) is 4.14. The van der Waals surface area contributed by atoms with E-state index in [-0.39, 0.29) is 24.6 Å². The lowest BCUT2D eigenvalue weighted by atomic mass is 10.4. The second-order valence-electron chi connectivity index (χ2n) is 2.97. The van der Waals surface area contributed by atoms with E-state index in [9.17, 15) is 14.9 Å². The fraction of sp³-hybridized carbons (Fsp3) is 0.375. The van der Waals surface area contributed by atoms with E-state index in [4.69, 9.17) is 5.73 Å². The van der Waals surface area contributed by atoms with Crippen LogP contribution in [0.1, 0.15) is 6.42 Å². The summed E-state index contributed by atoms with van der Waals surface area (Å²) in [4.78, 5) is 28.1. The molecule has 0 spiro atoms. The molecule has 3 N–H and O–H groups in total. The van der Waals surface area contributed by atoms with Crippen LogP contribution in [0.3, 0.4) is 0 Å². The van der Waals surface area contributed by atoms with Crippen molar-refractivity contribution >= 4 is 23.3 Å². The number of carbonyl (C=O) groups is 1. The van der Waals surface area contributed by atoms with Crippen LogP contribution < -0.4 is 11.1 Å². The Morgan fingerprint density at radius 1 is 1.65 bits per heavy atom. The van der Waals surface area contributed by atoms with Crippen LogP contribution in [0.4, 0.5) is 17.3 Å². The molecule has 0 atom stereocenters. The predicted molar refractivity (Wildman–Crippen MR) is 58.2 cm³/mol. The van der Waals surface area contributed by atoms with E-state index in [1.165, 1.54) is 7.11 Å². The summed E-state index contributed by atoms with van der Waals surface area (Å²) in [6.07, 6.45) is 1.17. The van der Waals surface area contributed by atoms with Crippen LogP contribution >= 0.6 is 0 Å². The smallest absolute Gasteiger partial charge is 0.352 e. The molecule has 92 valence electrons. The van der Waals surface area contributed by atoms with E-state index in [2.05, 4.69) is 20.0 Å². The summed E-state index contributed by atoms with van der Waals surface area (Å²) in [6.45, 7) is 0.157. The average molecular weight is 241 g/mol. The van der Waals surface area contributed by atoms with Crippen LogP contribution in [0.5, 0.6) is 0 Å². The summed E-state index contributed by atoms with van der Waals surface area (Å²) in [5.41, 5.74) is 4.95. The Bertz CT molecular complexity index is 436. The standard InChI is InChI=1S/C8H11N5O4/c1-17-5(14)2-3-10-8-6(13(15)16)7(9)11-4-12-8/h4H,2-3H2,1H3,(H3,9,10,11,12). The van der Waals surface area contributed by atoms with Gasteiger partial charge in [0.15, 0.2) is 0 Å². The van der Waals surface area contributed by atoms with Gasteiger partial charge in [-0.25, -0.2) is 9.97 Å². The highest BCUT2D eigenvalue weighted by Crippen LogP contribution is 2.25. The monoisotopic (exact) mass is 241 g/mol. The second-order valence-corrected chi connectivity index (χ2v) is 2.97. The number of hydrogen-bond donors (Lipinski definition) is 2. The van der Waals surface area contributed by atoms with Gasteiger partial charge in [-0.15, -0.1) is 0 Å². The van der Waals surface area contributed by atoms with Crippen molar-refractivity contribution in [3.8, 4) is 0 Å². The lowest BCUT2D eigenvalue weighted by Gasteiger charge is -2.05. The zero-order valence-corrected chi connectivity index (χ0v) is 9.04. The SMILES string of the molecule is COC(=O)CCNc1ncnc(N)c1[N+](=O)[O-]. The summed E-state index contributed by atoms with van der Waals surface area (Å²) in [5, 5.41) is 13.3. The molecule has 0 aliphatic carbocycles. The van der Waals surface area contributed by atoms with Gasteiger partial charge >= 0.3 is 11.7 Å². The van der Waals surface area contributed by atoms with Gasteiger partial charge in [-0.1, -0.05) is 0 Å². The molecule has 0 amide bonds. The van der Waals surface area contributed by atoms with Crippen molar-refractivity contribution in [2.24, 2.45) is 0 Å². The minimum Gasteiger partial charge on any atom is -0.469 e. The molecule has 1 rings (SSSR count). The summed E-state index contributed by atoms with van der Waals surface area (Å²) in [7, 11) is 1.26. The molecule has 9 heteroatoms. The number of nitro groups is 1. The number of esters is 1. The molecule has 0 aromatic carbocycles. The number of methoxy groups -OCH3 is 1. The average Bonchev–Trinajstić information content (AvgIpc) is 2.28. The first-order valence-corrected chi connectivity index (χ1v) is 4.61. The Morgan fingerprint density at radius 3 is 2.94 bits per heavy atom. The molecule has 0 unspecified atom stereocenters. The summed E-state index contributed by atoms with van der Waals surface area (Å²) < 4.78 is 4.42. The molecule has 1 aromatic rings. The molecule has 17 heavy (non-hydrogen) atoms. The zero-order valence-electron chi connectivity index (χ0n) is 9.04. The summed E-state index contributed by atoms with van der Waals surface area (Å²) >= 11 is 0. The van der Waals surface area contributed by atoms with E-state index in [1.807, 2.05) is 0 Å². The molecule has 1 heterocycles. The number of nitrogens with zero attached hydrogens (tertiary/aromatic N) is 3. The first kappa shape index (κ1) is 12.6. The van der Waals surface area contributed by atoms with Crippen LogP contribution in [0.15, 0.2) is 6.33 Å². The van der Waals surface area contributed by atoms with Gasteiger partial charge in [0.2, 0.25) is 11.6 Å².